The molecule has 0 aliphatic rings. The summed E-state index contributed by atoms with van der Waals surface area (Å²) in [6, 6.07) is 11.4. The average molecular weight is 390 g/mol. The first kappa shape index (κ1) is 21.0. The number of amides is 1. The lowest BCUT2D eigenvalue weighted by Crippen LogP contribution is -2.30. The molecular weight excluding hydrogens is 362 g/mol. The summed E-state index contributed by atoms with van der Waals surface area (Å²) in [6.07, 6.45) is 0. The topological polar surface area (TPSA) is 63.7 Å². The zero-order chi connectivity index (χ0) is 20.2. The lowest BCUT2D eigenvalue weighted by molar-refractivity contribution is 0.0773. The van der Waals surface area contributed by atoms with Crippen LogP contribution in [0.4, 0.5) is 0 Å². The highest BCUT2D eigenvalue weighted by Crippen LogP contribution is 2.27. The van der Waals surface area contributed by atoms with Crippen LogP contribution in [0, 0.1) is 6.92 Å². The third-order valence-electron chi connectivity index (χ3n) is 4.52. The Morgan fingerprint density at radius 3 is 2.15 bits per heavy atom. The second kappa shape index (κ2) is 8.57. The highest BCUT2D eigenvalue weighted by atomic mass is 32.2. The molecule has 0 radical (unpaired) electrons. The van der Waals surface area contributed by atoms with Crippen LogP contribution in [-0.4, -0.2) is 32.3 Å². The minimum atomic E-state index is -3.98. The van der Waals surface area contributed by atoms with Crippen molar-refractivity contribution in [3.8, 4) is 5.75 Å². The molecular formula is C21H27NO4S. The minimum Gasteiger partial charge on any atom is -0.379 e. The first-order valence-corrected chi connectivity index (χ1v) is 10.5. The average Bonchev–Trinajstić information content (AvgIpc) is 2.64. The summed E-state index contributed by atoms with van der Waals surface area (Å²) in [5, 5.41) is 0. The van der Waals surface area contributed by atoms with Crippen LogP contribution >= 0.6 is 0 Å². The van der Waals surface area contributed by atoms with Crippen molar-refractivity contribution < 1.29 is 17.4 Å². The molecule has 0 heterocycles. The van der Waals surface area contributed by atoms with E-state index >= 15 is 0 Å². The summed E-state index contributed by atoms with van der Waals surface area (Å²) in [6.45, 7) is 10.9. The van der Waals surface area contributed by atoms with Gasteiger partial charge in [0.2, 0.25) is 0 Å². The van der Waals surface area contributed by atoms with E-state index in [9.17, 15) is 13.2 Å². The van der Waals surface area contributed by atoms with E-state index in [0.29, 0.717) is 24.4 Å². The van der Waals surface area contributed by atoms with Gasteiger partial charge in [-0.1, -0.05) is 26.0 Å². The number of hydrogen-bond donors (Lipinski definition) is 0. The van der Waals surface area contributed by atoms with Crippen LogP contribution in [0.25, 0.3) is 0 Å². The van der Waals surface area contributed by atoms with Gasteiger partial charge in [0.1, 0.15) is 10.6 Å². The van der Waals surface area contributed by atoms with E-state index in [-0.39, 0.29) is 16.7 Å². The summed E-state index contributed by atoms with van der Waals surface area (Å²) >= 11 is 0. The SMILES string of the molecule is CCN(CC)C(=O)c1ccc(S(=O)(=O)Oc2cc(C(C)C)ccc2C)cc1. The maximum atomic E-state index is 12.6. The van der Waals surface area contributed by atoms with Crippen LogP contribution in [0.15, 0.2) is 47.4 Å². The number of carbonyl (C=O) groups excluding carboxylic acids is 1. The Kier molecular flexibility index (Phi) is 6.65. The van der Waals surface area contributed by atoms with Crippen molar-refractivity contribution in [2.45, 2.75) is 45.4 Å². The molecule has 27 heavy (non-hydrogen) atoms. The van der Waals surface area contributed by atoms with Gasteiger partial charge in [0.25, 0.3) is 5.91 Å². The Labute approximate surface area is 162 Å². The van der Waals surface area contributed by atoms with Gasteiger partial charge in [0.05, 0.1) is 0 Å². The number of carbonyl (C=O) groups is 1. The fourth-order valence-electron chi connectivity index (χ4n) is 2.69. The van der Waals surface area contributed by atoms with Crippen molar-refractivity contribution in [3.05, 3.63) is 59.2 Å². The second-order valence-corrected chi connectivity index (χ2v) is 8.27. The van der Waals surface area contributed by atoms with E-state index in [0.717, 1.165) is 11.1 Å². The van der Waals surface area contributed by atoms with E-state index in [1.165, 1.54) is 24.3 Å². The Bertz CT molecular complexity index is 898. The Morgan fingerprint density at radius 1 is 1.04 bits per heavy atom. The summed E-state index contributed by atoms with van der Waals surface area (Å²) in [5.41, 5.74) is 2.21. The normalized spacial score (nSPS) is 11.5. The molecule has 1 amide bonds. The molecule has 0 fully saturated rings. The molecule has 0 saturated heterocycles. The van der Waals surface area contributed by atoms with Crippen LogP contribution in [0.5, 0.6) is 5.75 Å². The molecule has 0 N–H and O–H groups in total. The predicted octanol–water partition coefficient (Wildman–Crippen LogP) is 4.37. The molecule has 0 atom stereocenters. The van der Waals surface area contributed by atoms with Gasteiger partial charge in [-0.15, -0.1) is 0 Å². The lowest BCUT2D eigenvalue weighted by atomic mass is 10.0. The Morgan fingerprint density at radius 2 is 1.63 bits per heavy atom. The van der Waals surface area contributed by atoms with Crippen LogP contribution in [-0.2, 0) is 10.1 Å². The molecule has 2 aromatic carbocycles. The van der Waals surface area contributed by atoms with Crippen LogP contribution in [0.3, 0.4) is 0 Å². The predicted molar refractivity (Wildman–Crippen MR) is 107 cm³/mol. The number of aryl methyl sites for hydroxylation is 1. The van der Waals surface area contributed by atoms with E-state index in [4.69, 9.17) is 4.18 Å². The van der Waals surface area contributed by atoms with Crippen molar-refractivity contribution in [1.82, 2.24) is 4.90 Å². The largest absolute Gasteiger partial charge is 0.379 e. The van der Waals surface area contributed by atoms with Crippen molar-refractivity contribution in [2.75, 3.05) is 13.1 Å². The van der Waals surface area contributed by atoms with Crippen LogP contribution in [0.2, 0.25) is 0 Å². The number of benzene rings is 2. The smallest absolute Gasteiger partial charge is 0.339 e. The first-order valence-electron chi connectivity index (χ1n) is 9.14. The quantitative estimate of drug-likeness (QED) is 0.660. The summed E-state index contributed by atoms with van der Waals surface area (Å²) in [7, 11) is -3.98. The number of rotatable bonds is 7. The van der Waals surface area contributed by atoms with Gasteiger partial charge in [-0.3, -0.25) is 4.79 Å². The Balaban J connectivity index is 2.27. The molecule has 2 rings (SSSR count). The monoisotopic (exact) mass is 389 g/mol. The maximum absolute atomic E-state index is 12.6. The van der Waals surface area contributed by atoms with Crippen LogP contribution in [0.1, 0.15) is 55.1 Å². The minimum absolute atomic E-state index is 0.0212. The molecule has 146 valence electrons. The second-order valence-electron chi connectivity index (χ2n) is 6.72. The van der Waals surface area contributed by atoms with Crippen molar-refractivity contribution in [3.63, 3.8) is 0 Å². The molecule has 0 saturated carbocycles. The van der Waals surface area contributed by atoms with Crippen molar-refractivity contribution in [2.24, 2.45) is 0 Å². The van der Waals surface area contributed by atoms with Crippen LogP contribution < -0.4 is 4.18 Å². The third kappa shape index (κ3) is 4.89. The zero-order valence-electron chi connectivity index (χ0n) is 16.5. The molecule has 5 nitrogen and oxygen atoms in total. The Hall–Kier alpha value is -2.34. The summed E-state index contributed by atoms with van der Waals surface area (Å²) in [5.74, 6) is 0.468. The third-order valence-corrected chi connectivity index (χ3v) is 5.77. The maximum Gasteiger partial charge on any atom is 0.339 e. The fraction of sp³-hybridized carbons (Fsp3) is 0.381. The van der Waals surface area contributed by atoms with Crippen molar-refractivity contribution >= 4 is 16.0 Å². The van der Waals surface area contributed by atoms with Gasteiger partial charge >= 0.3 is 10.1 Å². The van der Waals surface area contributed by atoms with Gasteiger partial charge in [-0.2, -0.15) is 8.42 Å². The van der Waals surface area contributed by atoms with E-state index in [2.05, 4.69) is 0 Å². The standard InChI is InChI=1S/C21H27NO4S/c1-6-22(7-2)21(23)17-10-12-19(13-11-17)27(24,25)26-20-14-18(15(3)4)9-8-16(20)5/h8-15H,6-7H2,1-5H3. The molecule has 0 aliphatic heterocycles. The first-order chi connectivity index (χ1) is 12.7. The highest BCUT2D eigenvalue weighted by Gasteiger charge is 2.20. The molecule has 0 aliphatic carbocycles. The lowest BCUT2D eigenvalue weighted by Gasteiger charge is -2.18. The van der Waals surface area contributed by atoms with Gasteiger partial charge in [-0.25, -0.2) is 0 Å². The zero-order valence-corrected chi connectivity index (χ0v) is 17.3. The molecule has 0 unspecified atom stereocenters. The molecule has 2 aromatic rings. The van der Waals surface area contributed by atoms with Crippen molar-refractivity contribution in [1.29, 1.82) is 0 Å². The summed E-state index contributed by atoms with van der Waals surface area (Å²) < 4.78 is 30.7. The van der Waals surface area contributed by atoms with Gasteiger partial charge in [-0.05, 0) is 68.1 Å². The van der Waals surface area contributed by atoms with E-state index < -0.39 is 10.1 Å². The number of nitrogens with zero attached hydrogens (tertiary/aromatic N) is 1. The van der Waals surface area contributed by atoms with Gasteiger partial charge in [0.15, 0.2) is 0 Å². The molecule has 0 aromatic heterocycles. The molecule has 6 heteroatoms. The fourth-order valence-corrected chi connectivity index (χ4v) is 3.67. The number of hydrogen-bond acceptors (Lipinski definition) is 4. The highest BCUT2D eigenvalue weighted by molar-refractivity contribution is 7.87. The molecule has 0 spiro atoms. The van der Waals surface area contributed by atoms with E-state index in [1.807, 2.05) is 39.8 Å². The molecule has 0 bridgehead atoms. The summed E-state index contributed by atoms with van der Waals surface area (Å²) in [4.78, 5) is 14.1. The van der Waals surface area contributed by atoms with Gasteiger partial charge in [0, 0.05) is 18.7 Å². The van der Waals surface area contributed by atoms with Gasteiger partial charge < -0.3 is 9.08 Å². The van der Waals surface area contributed by atoms with E-state index in [1.54, 1.807) is 17.9 Å².